The molecular weight excluding hydrogens is 332 g/mol. The zero-order chi connectivity index (χ0) is 18.5. The van der Waals surface area contributed by atoms with Gasteiger partial charge in [0.2, 0.25) is 5.91 Å². The Hall–Kier alpha value is -2.37. The Bertz CT molecular complexity index is 686. The van der Waals surface area contributed by atoms with Gasteiger partial charge in [0.25, 0.3) is 5.91 Å². The number of anilines is 1. The van der Waals surface area contributed by atoms with Crippen molar-refractivity contribution in [3.63, 3.8) is 0 Å². The van der Waals surface area contributed by atoms with Crippen LogP contribution in [0.3, 0.4) is 0 Å². The first-order valence-electron chi connectivity index (χ1n) is 9.39. The van der Waals surface area contributed by atoms with E-state index in [1.165, 1.54) is 32.6 Å². The predicted octanol–water partition coefficient (Wildman–Crippen LogP) is 2.98. The normalized spacial score (nSPS) is 22.3. The fraction of sp³-hybridized carbons (Fsp3) is 0.550. The van der Waals surface area contributed by atoms with E-state index in [1.54, 1.807) is 24.3 Å². The number of nitrogens with one attached hydrogen (secondary N) is 1. The van der Waals surface area contributed by atoms with Crippen molar-refractivity contribution in [2.45, 2.75) is 51.5 Å². The van der Waals surface area contributed by atoms with Gasteiger partial charge in [-0.3, -0.25) is 9.59 Å². The third-order valence-electron chi connectivity index (χ3n) is 5.31. The zero-order valence-corrected chi connectivity index (χ0v) is 15.2. The van der Waals surface area contributed by atoms with E-state index in [1.807, 2.05) is 4.90 Å². The third kappa shape index (κ3) is 4.42. The molecule has 6 nitrogen and oxygen atoms in total. The van der Waals surface area contributed by atoms with Crippen molar-refractivity contribution in [1.29, 1.82) is 0 Å². The van der Waals surface area contributed by atoms with Crippen molar-refractivity contribution in [3.8, 4) is 0 Å². The van der Waals surface area contributed by atoms with Crippen LogP contribution in [0.15, 0.2) is 24.3 Å². The lowest BCUT2D eigenvalue weighted by molar-refractivity contribution is -0.140. The van der Waals surface area contributed by atoms with Crippen LogP contribution < -0.4 is 5.32 Å². The van der Waals surface area contributed by atoms with E-state index in [0.29, 0.717) is 23.2 Å². The lowest BCUT2D eigenvalue weighted by atomic mass is 9.78. The fourth-order valence-corrected chi connectivity index (χ4v) is 4.16. The van der Waals surface area contributed by atoms with Gasteiger partial charge >= 0.3 is 5.97 Å². The second-order valence-corrected chi connectivity index (χ2v) is 7.18. The summed E-state index contributed by atoms with van der Waals surface area (Å²) in [4.78, 5) is 37.9. The molecule has 26 heavy (non-hydrogen) atoms. The maximum Gasteiger partial charge on any atom is 0.338 e. The summed E-state index contributed by atoms with van der Waals surface area (Å²) >= 11 is 0. The van der Waals surface area contributed by atoms with Gasteiger partial charge in [-0.15, -0.1) is 0 Å². The molecule has 2 atom stereocenters. The summed E-state index contributed by atoms with van der Waals surface area (Å²) in [6.45, 7) is 1.93. The summed E-state index contributed by atoms with van der Waals surface area (Å²) in [6, 6.07) is 6.83. The van der Waals surface area contributed by atoms with Gasteiger partial charge in [0.1, 0.15) is 0 Å². The van der Waals surface area contributed by atoms with Gasteiger partial charge in [-0.05, 0) is 49.8 Å². The fourth-order valence-electron chi connectivity index (χ4n) is 4.16. The van der Waals surface area contributed by atoms with E-state index < -0.39 is 5.97 Å². The number of rotatable bonds is 4. The first-order valence-corrected chi connectivity index (χ1v) is 9.39. The monoisotopic (exact) mass is 358 g/mol. The van der Waals surface area contributed by atoms with E-state index in [4.69, 9.17) is 4.74 Å². The van der Waals surface area contributed by atoms with Gasteiger partial charge in [-0.1, -0.05) is 18.9 Å². The van der Waals surface area contributed by atoms with Crippen molar-refractivity contribution in [2.75, 3.05) is 18.5 Å². The van der Waals surface area contributed by atoms with Crippen LogP contribution in [0.4, 0.5) is 5.69 Å². The molecule has 2 aliphatic rings. The van der Waals surface area contributed by atoms with Crippen LogP contribution in [-0.4, -0.2) is 41.9 Å². The SMILES string of the molecule is CC(=O)Nc1cccc(C(=O)OCC(=O)N2CCC[C@@H]3CCCC[C@H]32)c1. The minimum absolute atomic E-state index is 0.104. The number of carbonyl (C=O) groups is 3. The number of benzene rings is 1. The number of hydrogen-bond acceptors (Lipinski definition) is 4. The first-order chi connectivity index (χ1) is 12.5. The molecule has 0 aromatic heterocycles. The van der Waals surface area contributed by atoms with Gasteiger partial charge in [0.15, 0.2) is 6.61 Å². The smallest absolute Gasteiger partial charge is 0.338 e. The minimum atomic E-state index is -0.553. The number of hydrogen-bond donors (Lipinski definition) is 1. The van der Waals surface area contributed by atoms with Gasteiger partial charge in [0, 0.05) is 25.2 Å². The Balaban J connectivity index is 1.57. The molecule has 1 N–H and O–H groups in total. The van der Waals surface area contributed by atoms with Crippen LogP contribution in [0.1, 0.15) is 55.8 Å². The van der Waals surface area contributed by atoms with Crippen LogP contribution in [-0.2, 0) is 14.3 Å². The summed E-state index contributed by atoms with van der Waals surface area (Å²) in [6.07, 6.45) is 6.90. The number of fused-ring (bicyclic) bond motifs is 1. The van der Waals surface area contributed by atoms with Crippen molar-refractivity contribution >= 4 is 23.5 Å². The molecule has 1 aliphatic heterocycles. The van der Waals surface area contributed by atoms with Gasteiger partial charge in [0.05, 0.1) is 5.56 Å². The zero-order valence-electron chi connectivity index (χ0n) is 15.2. The molecule has 6 heteroatoms. The van der Waals surface area contributed by atoms with Crippen molar-refractivity contribution < 1.29 is 19.1 Å². The lowest BCUT2D eigenvalue weighted by Crippen LogP contribution is -2.50. The molecule has 0 unspecified atom stereocenters. The number of ether oxygens (including phenoxy) is 1. The number of likely N-dealkylation sites (tertiary alicyclic amines) is 1. The molecule has 0 radical (unpaired) electrons. The van der Waals surface area contributed by atoms with Crippen molar-refractivity contribution in [3.05, 3.63) is 29.8 Å². The Labute approximate surface area is 153 Å². The highest BCUT2D eigenvalue weighted by molar-refractivity contribution is 5.94. The highest BCUT2D eigenvalue weighted by atomic mass is 16.5. The number of carbonyl (C=O) groups excluding carboxylic acids is 3. The van der Waals surface area contributed by atoms with E-state index >= 15 is 0 Å². The van der Waals surface area contributed by atoms with E-state index in [-0.39, 0.29) is 18.4 Å². The molecule has 1 saturated heterocycles. The van der Waals surface area contributed by atoms with Crippen LogP contribution in [0.2, 0.25) is 0 Å². The predicted molar refractivity (Wildman–Crippen MR) is 97.7 cm³/mol. The quantitative estimate of drug-likeness (QED) is 0.840. The van der Waals surface area contributed by atoms with Crippen LogP contribution in [0.25, 0.3) is 0 Å². The first kappa shape index (κ1) is 18.4. The Morgan fingerprint density at radius 2 is 1.92 bits per heavy atom. The number of piperidine rings is 1. The molecule has 2 fully saturated rings. The maximum atomic E-state index is 12.6. The van der Waals surface area contributed by atoms with Crippen molar-refractivity contribution in [1.82, 2.24) is 4.90 Å². The standard InChI is InChI=1S/C20H26N2O4/c1-14(23)21-17-9-4-7-16(12-17)20(25)26-13-19(24)22-11-5-8-15-6-2-3-10-18(15)22/h4,7,9,12,15,18H,2-3,5-6,8,10-11,13H2,1H3,(H,21,23)/t15-,18+/m0/s1. The third-order valence-corrected chi connectivity index (χ3v) is 5.31. The number of nitrogens with zero attached hydrogens (tertiary/aromatic N) is 1. The average Bonchev–Trinajstić information content (AvgIpc) is 2.65. The maximum absolute atomic E-state index is 12.6. The average molecular weight is 358 g/mol. The van der Waals surface area contributed by atoms with E-state index in [2.05, 4.69) is 5.32 Å². The van der Waals surface area contributed by atoms with Crippen LogP contribution in [0.5, 0.6) is 0 Å². The molecule has 0 spiro atoms. The molecule has 2 amide bonds. The van der Waals surface area contributed by atoms with Gasteiger partial charge in [-0.25, -0.2) is 4.79 Å². The second kappa shape index (κ2) is 8.34. The Kier molecular flexibility index (Phi) is 5.91. The Morgan fingerprint density at radius 1 is 1.15 bits per heavy atom. The molecule has 0 bridgehead atoms. The highest BCUT2D eigenvalue weighted by Gasteiger charge is 2.35. The molecular formula is C20H26N2O4. The van der Waals surface area contributed by atoms with E-state index in [9.17, 15) is 14.4 Å². The van der Waals surface area contributed by atoms with E-state index in [0.717, 1.165) is 19.4 Å². The largest absolute Gasteiger partial charge is 0.452 e. The molecule has 1 heterocycles. The molecule has 1 aromatic carbocycles. The molecule has 1 saturated carbocycles. The molecule has 1 aliphatic carbocycles. The molecule has 1 aromatic rings. The number of esters is 1. The lowest BCUT2D eigenvalue weighted by Gasteiger charge is -2.44. The minimum Gasteiger partial charge on any atom is -0.452 e. The second-order valence-electron chi connectivity index (χ2n) is 7.18. The van der Waals surface area contributed by atoms with Crippen molar-refractivity contribution in [2.24, 2.45) is 5.92 Å². The summed E-state index contributed by atoms with van der Waals surface area (Å²) in [5, 5.41) is 2.63. The summed E-state index contributed by atoms with van der Waals surface area (Å²) in [7, 11) is 0. The Morgan fingerprint density at radius 3 is 2.73 bits per heavy atom. The topological polar surface area (TPSA) is 75.7 Å². The molecule has 140 valence electrons. The summed E-state index contributed by atoms with van der Waals surface area (Å²) < 4.78 is 5.24. The van der Waals surface area contributed by atoms with Gasteiger partial charge in [-0.2, -0.15) is 0 Å². The van der Waals surface area contributed by atoms with Crippen LogP contribution >= 0.6 is 0 Å². The number of amides is 2. The summed E-state index contributed by atoms with van der Waals surface area (Å²) in [5.74, 6) is -0.264. The van der Waals surface area contributed by atoms with Crippen LogP contribution in [0, 0.1) is 5.92 Å². The van der Waals surface area contributed by atoms with Gasteiger partial charge < -0.3 is 15.0 Å². The summed E-state index contributed by atoms with van der Waals surface area (Å²) in [5.41, 5.74) is 0.845. The highest BCUT2D eigenvalue weighted by Crippen LogP contribution is 2.35. The molecule has 3 rings (SSSR count).